The van der Waals surface area contributed by atoms with E-state index in [0.29, 0.717) is 42.7 Å². The Kier molecular flexibility index (Phi) is 5.94. The van der Waals surface area contributed by atoms with E-state index >= 15 is 0 Å². The predicted molar refractivity (Wildman–Crippen MR) is 138 cm³/mol. The number of nitro groups is 1. The van der Waals surface area contributed by atoms with Gasteiger partial charge in [-0.3, -0.25) is 24.6 Å². The first-order chi connectivity index (χ1) is 18.0. The number of nitrogens with zero attached hydrogens (tertiary/aromatic N) is 3. The van der Waals surface area contributed by atoms with Crippen molar-refractivity contribution in [3.05, 3.63) is 97.9 Å². The number of ether oxygens (including phenoxy) is 1. The van der Waals surface area contributed by atoms with E-state index in [1.807, 2.05) is 30.3 Å². The van der Waals surface area contributed by atoms with Gasteiger partial charge in [-0.25, -0.2) is 0 Å². The minimum absolute atomic E-state index is 0.0450. The molecule has 6 rings (SSSR count). The fourth-order valence-electron chi connectivity index (χ4n) is 5.39. The summed E-state index contributed by atoms with van der Waals surface area (Å²) in [6.07, 6.45) is 0.708. The topological polar surface area (TPSA) is 106 Å². The molecular formula is C28H25N3O6. The molecule has 0 bridgehead atoms. The molecule has 1 unspecified atom stereocenters. The van der Waals surface area contributed by atoms with Crippen LogP contribution in [0.15, 0.2) is 69.9 Å². The minimum atomic E-state index is -0.680. The van der Waals surface area contributed by atoms with Gasteiger partial charge in [0.25, 0.3) is 11.6 Å². The molecule has 4 aromatic rings. The predicted octanol–water partition coefficient (Wildman–Crippen LogP) is 4.12. The number of hydrogen-bond acceptors (Lipinski definition) is 7. The fraction of sp³-hybridized carbons (Fsp3) is 0.286. The first-order valence-electron chi connectivity index (χ1n) is 12.4. The van der Waals surface area contributed by atoms with Crippen LogP contribution in [0.5, 0.6) is 0 Å². The van der Waals surface area contributed by atoms with E-state index in [1.165, 1.54) is 12.1 Å². The summed E-state index contributed by atoms with van der Waals surface area (Å²) in [5.74, 6) is -0.296. The monoisotopic (exact) mass is 499 g/mol. The third-order valence-electron chi connectivity index (χ3n) is 7.25. The van der Waals surface area contributed by atoms with Crippen molar-refractivity contribution in [2.24, 2.45) is 0 Å². The van der Waals surface area contributed by atoms with Crippen molar-refractivity contribution in [2.45, 2.75) is 12.5 Å². The van der Waals surface area contributed by atoms with Crippen LogP contribution >= 0.6 is 0 Å². The van der Waals surface area contributed by atoms with Crippen LogP contribution in [0.3, 0.4) is 0 Å². The van der Waals surface area contributed by atoms with Crippen LogP contribution in [0, 0.1) is 10.1 Å². The molecule has 0 N–H and O–H groups in total. The third kappa shape index (κ3) is 4.06. The first kappa shape index (κ1) is 23.3. The van der Waals surface area contributed by atoms with Crippen LogP contribution in [0.4, 0.5) is 5.69 Å². The fourth-order valence-corrected chi connectivity index (χ4v) is 5.39. The summed E-state index contributed by atoms with van der Waals surface area (Å²) in [4.78, 5) is 42.3. The molecule has 9 heteroatoms. The summed E-state index contributed by atoms with van der Waals surface area (Å²) in [7, 11) is 0. The van der Waals surface area contributed by atoms with Crippen molar-refractivity contribution in [2.75, 3.05) is 39.4 Å². The quantitative estimate of drug-likeness (QED) is 0.223. The number of morpholine rings is 1. The molecule has 0 aliphatic carbocycles. The Morgan fingerprint density at radius 3 is 2.43 bits per heavy atom. The smallest absolute Gasteiger partial charge is 0.290 e. The van der Waals surface area contributed by atoms with Crippen LogP contribution in [-0.2, 0) is 4.74 Å². The van der Waals surface area contributed by atoms with Crippen molar-refractivity contribution >= 4 is 33.3 Å². The van der Waals surface area contributed by atoms with Crippen molar-refractivity contribution in [3.8, 4) is 0 Å². The zero-order valence-electron chi connectivity index (χ0n) is 20.1. The lowest BCUT2D eigenvalue weighted by Crippen LogP contribution is -2.38. The second-order valence-corrected chi connectivity index (χ2v) is 9.39. The summed E-state index contributed by atoms with van der Waals surface area (Å²) >= 11 is 0. The Hall–Kier alpha value is -4.08. The van der Waals surface area contributed by atoms with Gasteiger partial charge in [0.05, 0.1) is 35.1 Å². The van der Waals surface area contributed by atoms with Crippen molar-refractivity contribution < 1.29 is 18.9 Å². The van der Waals surface area contributed by atoms with E-state index in [4.69, 9.17) is 9.15 Å². The number of hydrogen-bond donors (Lipinski definition) is 0. The van der Waals surface area contributed by atoms with Gasteiger partial charge in [-0.15, -0.1) is 0 Å². The molecule has 3 aromatic carbocycles. The van der Waals surface area contributed by atoms with Gasteiger partial charge in [-0.2, -0.15) is 0 Å². The standard InChI is InChI=1S/C28H25N3O6/c32-25-22-11-8-18-4-1-2-5-21(18)26(22)37-27-23(25)24(19-6-9-20(10-7-19)31(34)35)30(28(27)33)13-3-12-29-14-16-36-17-15-29/h1-2,4-11,24H,3,12-17H2. The van der Waals surface area contributed by atoms with E-state index in [1.54, 1.807) is 23.1 Å². The van der Waals surface area contributed by atoms with Gasteiger partial charge in [-0.05, 0) is 35.6 Å². The Bertz CT molecular complexity index is 1570. The zero-order valence-corrected chi connectivity index (χ0v) is 20.1. The molecule has 0 radical (unpaired) electrons. The van der Waals surface area contributed by atoms with Crippen LogP contribution in [0.2, 0.25) is 0 Å². The third-order valence-corrected chi connectivity index (χ3v) is 7.25. The highest BCUT2D eigenvalue weighted by atomic mass is 16.6. The highest BCUT2D eigenvalue weighted by molar-refractivity contribution is 6.06. The first-order valence-corrected chi connectivity index (χ1v) is 12.4. The van der Waals surface area contributed by atoms with Crippen molar-refractivity contribution in [1.82, 2.24) is 9.80 Å². The maximum atomic E-state index is 13.9. The summed E-state index contributed by atoms with van der Waals surface area (Å²) in [6, 6.07) is 16.6. The number of rotatable bonds is 6. The largest absolute Gasteiger partial charge is 0.450 e. The molecule has 1 amide bonds. The molecule has 0 spiro atoms. The van der Waals surface area contributed by atoms with E-state index in [0.717, 1.165) is 30.4 Å². The summed E-state index contributed by atoms with van der Waals surface area (Å²) in [6.45, 7) is 4.29. The summed E-state index contributed by atoms with van der Waals surface area (Å²) in [5.41, 5.74) is 1.01. The maximum absolute atomic E-state index is 13.9. The molecule has 2 aliphatic heterocycles. The minimum Gasteiger partial charge on any atom is -0.450 e. The summed E-state index contributed by atoms with van der Waals surface area (Å²) < 4.78 is 11.6. The molecule has 1 fully saturated rings. The number of fused-ring (bicyclic) bond motifs is 4. The number of carbonyl (C=O) groups excluding carboxylic acids is 1. The molecule has 3 heterocycles. The molecule has 2 aliphatic rings. The van der Waals surface area contributed by atoms with E-state index in [2.05, 4.69) is 4.90 Å². The van der Waals surface area contributed by atoms with Crippen LogP contribution < -0.4 is 5.43 Å². The number of amides is 1. The number of benzene rings is 3. The molecule has 1 aromatic heterocycles. The average molecular weight is 500 g/mol. The van der Waals surface area contributed by atoms with Gasteiger partial charge < -0.3 is 14.1 Å². The Morgan fingerprint density at radius 1 is 0.919 bits per heavy atom. The van der Waals surface area contributed by atoms with Gasteiger partial charge in [0, 0.05) is 43.7 Å². The Balaban J connectivity index is 1.44. The molecule has 9 nitrogen and oxygen atoms in total. The van der Waals surface area contributed by atoms with Crippen molar-refractivity contribution in [3.63, 3.8) is 0 Å². The zero-order chi connectivity index (χ0) is 25.5. The lowest BCUT2D eigenvalue weighted by atomic mass is 9.97. The van der Waals surface area contributed by atoms with Crippen LogP contribution in [0.25, 0.3) is 21.7 Å². The maximum Gasteiger partial charge on any atom is 0.290 e. The number of carbonyl (C=O) groups is 1. The van der Waals surface area contributed by atoms with Crippen LogP contribution in [0.1, 0.15) is 34.1 Å². The van der Waals surface area contributed by atoms with Gasteiger partial charge in [0.15, 0.2) is 5.43 Å². The molecular weight excluding hydrogens is 474 g/mol. The molecule has 1 saturated heterocycles. The SMILES string of the molecule is O=C1c2oc3c(ccc4ccccc43)c(=O)c2C(c2ccc([N+](=O)[O-])cc2)N1CCCN1CCOCC1. The Labute approximate surface area is 212 Å². The molecule has 188 valence electrons. The molecule has 1 atom stereocenters. The number of nitro benzene ring substituents is 1. The van der Waals surface area contributed by atoms with E-state index in [9.17, 15) is 19.7 Å². The number of non-ortho nitro benzene ring substituents is 1. The highest BCUT2D eigenvalue weighted by Gasteiger charge is 2.42. The summed E-state index contributed by atoms with van der Waals surface area (Å²) in [5, 5.41) is 13.3. The van der Waals surface area contributed by atoms with E-state index < -0.39 is 11.0 Å². The lowest BCUT2D eigenvalue weighted by molar-refractivity contribution is -0.384. The lowest BCUT2D eigenvalue weighted by Gasteiger charge is -2.29. The molecule has 0 saturated carbocycles. The molecule has 37 heavy (non-hydrogen) atoms. The Morgan fingerprint density at radius 2 is 1.68 bits per heavy atom. The average Bonchev–Trinajstić information content (AvgIpc) is 3.21. The van der Waals surface area contributed by atoms with Gasteiger partial charge in [0.2, 0.25) is 5.76 Å². The van der Waals surface area contributed by atoms with Crippen LogP contribution in [-0.4, -0.2) is 60.0 Å². The van der Waals surface area contributed by atoms with Gasteiger partial charge in [0.1, 0.15) is 5.58 Å². The van der Waals surface area contributed by atoms with E-state index in [-0.39, 0.29) is 28.3 Å². The normalized spacial score (nSPS) is 18.0. The van der Waals surface area contributed by atoms with Gasteiger partial charge in [-0.1, -0.05) is 30.3 Å². The van der Waals surface area contributed by atoms with Gasteiger partial charge >= 0.3 is 0 Å². The highest BCUT2D eigenvalue weighted by Crippen LogP contribution is 2.39. The second-order valence-electron chi connectivity index (χ2n) is 9.39. The van der Waals surface area contributed by atoms with Crippen molar-refractivity contribution in [1.29, 1.82) is 0 Å². The second kappa shape index (κ2) is 9.42.